The lowest BCUT2D eigenvalue weighted by atomic mass is 9.76. The second-order valence-electron chi connectivity index (χ2n) is 5.76. The molecule has 5 heteroatoms. The first-order valence-corrected chi connectivity index (χ1v) is 8.34. The molecule has 0 radical (unpaired) electrons. The molecular formula is C19H25NO4. The summed E-state index contributed by atoms with van der Waals surface area (Å²) in [5, 5.41) is 0. The average Bonchev–Trinajstić information content (AvgIpc) is 2.75. The summed E-state index contributed by atoms with van der Waals surface area (Å²) in [4.78, 5) is 27.7. The van der Waals surface area contributed by atoms with E-state index in [9.17, 15) is 9.59 Å². The first kappa shape index (κ1) is 18.2. The first-order valence-electron chi connectivity index (χ1n) is 8.34. The van der Waals surface area contributed by atoms with Crippen molar-refractivity contribution in [3.8, 4) is 0 Å². The molecule has 0 amide bonds. The molecule has 0 aromatic heterocycles. The topological polar surface area (TPSA) is 55.8 Å². The van der Waals surface area contributed by atoms with Crippen molar-refractivity contribution in [3.63, 3.8) is 0 Å². The van der Waals surface area contributed by atoms with E-state index in [0.29, 0.717) is 13.0 Å². The van der Waals surface area contributed by atoms with Crippen molar-refractivity contribution in [3.05, 3.63) is 48.0 Å². The number of benzene rings is 1. The Kier molecular flexibility index (Phi) is 6.15. The molecule has 1 aliphatic rings. The van der Waals surface area contributed by atoms with Crippen molar-refractivity contribution in [2.75, 3.05) is 26.8 Å². The van der Waals surface area contributed by atoms with Gasteiger partial charge in [-0.05, 0) is 32.9 Å². The molecule has 0 saturated heterocycles. The highest BCUT2D eigenvalue weighted by atomic mass is 16.6. The fourth-order valence-electron chi connectivity index (χ4n) is 3.27. The van der Waals surface area contributed by atoms with Crippen LogP contribution in [0.15, 0.2) is 42.5 Å². The van der Waals surface area contributed by atoms with Crippen molar-refractivity contribution < 1.29 is 19.1 Å². The number of hydrogen-bond donors (Lipinski definition) is 0. The van der Waals surface area contributed by atoms with Gasteiger partial charge >= 0.3 is 11.9 Å². The van der Waals surface area contributed by atoms with Crippen molar-refractivity contribution >= 4 is 11.9 Å². The summed E-state index contributed by atoms with van der Waals surface area (Å²) in [6, 6.07) is 9.60. The van der Waals surface area contributed by atoms with Crippen molar-refractivity contribution in [1.82, 2.24) is 4.90 Å². The van der Waals surface area contributed by atoms with Crippen molar-refractivity contribution in [1.29, 1.82) is 0 Å². The third-order valence-corrected chi connectivity index (χ3v) is 4.40. The van der Waals surface area contributed by atoms with Crippen molar-refractivity contribution in [2.45, 2.75) is 31.7 Å². The normalized spacial score (nSPS) is 20.2. The van der Waals surface area contributed by atoms with E-state index >= 15 is 0 Å². The minimum atomic E-state index is -1.49. The Morgan fingerprint density at radius 2 is 1.67 bits per heavy atom. The highest BCUT2D eigenvalue weighted by molar-refractivity contribution is 6.06. The molecule has 2 rings (SSSR count). The summed E-state index contributed by atoms with van der Waals surface area (Å²) in [6.45, 7) is 4.37. The molecule has 0 aliphatic carbocycles. The van der Waals surface area contributed by atoms with E-state index in [0.717, 1.165) is 5.56 Å². The molecule has 0 saturated carbocycles. The molecule has 1 aliphatic heterocycles. The molecule has 5 nitrogen and oxygen atoms in total. The molecule has 1 unspecified atom stereocenters. The van der Waals surface area contributed by atoms with E-state index in [4.69, 9.17) is 9.47 Å². The lowest BCUT2D eigenvalue weighted by Crippen LogP contribution is -2.63. The van der Waals surface area contributed by atoms with Crippen LogP contribution in [0, 0.1) is 0 Å². The van der Waals surface area contributed by atoms with Gasteiger partial charge in [0.2, 0.25) is 5.54 Å². The number of ether oxygens (including phenoxy) is 2. The molecule has 1 aromatic rings. The van der Waals surface area contributed by atoms with Crippen LogP contribution in [0.3, 0.4) is 0 Å². The van der Waals surface area contributed by atoms with Gasteiger partial charge in [0.15, 0.2) is 0 Å². The maximum Gasteiger partial charge on any atom is 0.338 e. The fraction of sp³-hybridized carbons (Fsp3) is 0.474. The van der Waals surface area contributed by atoms with Crippen LogP contribution in [-0.2, 0) is 19.1 Å². The van der Waals surface area contributed by atoms with E-state index in [1.54, 1.807) is 25.8 Å². The molecule has 1 atom stereocenters. The van der Waals surface area contributed by atoms with Gasteiger partial charge in [0.25, 0.3) is 0 Å². The van der Waals surface area contributed by atoms with Crippen LogP contribution in [0.25, 0.3) is 0 Å². The number of allylic oxidation sites excluding steroid dienone is 1. The number of nitrogens with zero attached hydrogens (tertiary/aromatic N) is 1. The van der Waals surface area contributed by atoms with Gasteiger partial charge in [0.1, 0.15) is 0 Å². The molecule has 0 bridgehead atoms. The van der Waals surface area contributed by atoms with Crippen LogP contribution in [-0.4, -0.2) is 49.2 Å². The molecule has 0 fully saturated rings. The highest BCUT2D eigenvalue weighted by Crippen LogP contribution is 2.40. The molecule has 24 heavy (non-hydrogen) atoms. The van der Waals surface area contributed by atoms with Crippen LogP contribution in [0.4, 0.5) is 0 Å². The van der Waals surface area contributed by atoms with Crippen LogP contribution in [0.1, 0.15) is 31.7 Å². The smallest absolute Gasteiger partial charge is 0.338 e. The molecule has 1 heterocycles. The minimum absolute atomic E-state index is 0.211. The summed E-state index contributed by atoms with van der Waals surface area (Å²) in [6.07, 6.45) is 4.54. The zero-order chi connectivity index (χ0) is 17.6. The van der Waals surface area contributed by atoms with E-state index in [1.165, 1.54) is 0 Å². The Balaban J connectivity index is 2.62. The van der Waals surface area contributed by atoms with E-state index in [1.807, 2.05) is 42.5 Å². The average molecular weight is 331 g/mol. The van der Waals surface area contributed by atoms with Gasteiger partial charge in [-0.1, -0.05) is 42.5 Å². The monoisotopic (exact) mass is 331 g/mol. The van der Waals surface area contributed by atoms with E-state index < -0.39 is 17.5 Å². The van der Waals surface area contributed by atoms with Gasteiger partial charge in [-0.15, -0.1) is 0 Å². The number of esters is 2. The van der Waals surface area contributed by atoms with Gasteiger partial charge in [-0.2, -0.15) is 0 Å². The SMILES string of the molecule is CCOC(=O)C1(C(=O)OCC)C(c2ccccc2)CC=CCN1C. The molecule has 0 spiro atoms. The predicted molar refractivity (Wildman–Crippen MR) is 91.6 cm³/mol. The van der Waals surface area contributed by atoms with Crippen LogP contribution >= 0.6 is 0 Å². The van der Waals surface area contributed by atoms with Crippen LogP contribution in [0.2, 0.25) is 0 Å². The zero-order valence-electron chi connectivity index (χ0n) is 14.5. The third-order valence-electron chi connectivity index (χ3n) is 4.40. The maximum atomic E-state index is 13.0. The van der Waals surface area contributed by atoms with Gasteiger partial charge in [0.05, 0.1) is 13.2 Å². The molecular weight excluding hydrogens is 306 g/mol. The first-order chi connectivity index (χ1) is 11.6. The maximum absolute atomic E-state index is 13.0. The highest BCUT2D eigenvalue weighted by Gasteiger charge is 2.58. The lowest BCUT2D eigenvalue weighted by molar-refractivity contribution is -0.175. The third kappa shape index (κ3) is 3.22. The Morgan fingerprint density at radius 3 is 2.21 bits per heavy atom. The van der Waals surface area contributed by atoms with Gasteiger partial charge in [-0.3, -0.25) is 4.90 Å². The largest absolute Gasteiger partial charge is 0.464 e. The number of rotatable bonds is 5. The minimum Gasteiger partial charge on any atom is -0.464 e. The van der Waals surface area contributed by atoms with Crippen LogP contribution in [0.5, 0.6) is 0 Å². The second kappa shape index (κ2) is 8.11. The quantitative estimate of drug-likeness (QED) is 0.471. The standard InChI is InChI=1S/C19H25NO4/c1-4-23-17(21)19(18(22)24-5-2)16(13-9-10-14-20(19)3)15-11-7-6-8-12-15/h6-12,16H,4-5,13-14H2,1-3H3. The lowest BCUT2D eigenvalue weighted by Gasteiger charge is -2.41. The Morgan fingerprint density at radius 1 is 1.08 bits per heavy atom. The summed E-state index contributed by atoms with van der Waals surface area (Å²) >= 11 is 0. The molecule has 0 N–H and O–H groups in total. The summed E-state index contributed by atoms with van der Waals surface area (Å²) in [5.74, 6) is -1.48. The number of carbonyl (C=O) groups excluding carboxylic acids is 2. The van der Waals surface area contributed by atoms with Gasteiger partial charge in [0, 0.05) is 12.5 Å². The Hall–Kier alpha value is -2.14. The number of likely N-dealkylation sites (N-methyl/N-ethyl adjacent to an activating group) is 1. The molecule has 130 valence electrons. The fourth-order valence-corrected chi connectivity index (χ4v) is 3.27. The van der Waals surface area contributed by atoms with Crippen LogP contribution < -0.4 is 0 Å². The zero-order valence-corrected chi connectivity index (χ0v) is 14.5. The van der Waals surface area contributed by atoms with E-state index in [2.05, 4.69) is 0 Å². The van der Waals surface area contributed by atoms with E-state index in [-0.39, 0.29) is 19.1 Å². The number of hydrogen-bond acceptors (Lipinski definition) is 5. The Bertz CT molecular complexity index is 579. The summed E-state index contributed by atoms with van der Waals surface area (Å²) < 4.78 is 10.6. The second-order valence-corrected chi connectivity index (χ2v) is 5.76. The summed E-state index contributed by atoms with van der Waals surface area (Å²) in [5.41, 5.74) is -0.575. The van der Waals surface area contributed by atoms with Gasteiger partial charge < -0.3 is 9.47 Å². The van der Waals surface area contributed by atoms with Crippen molar-refractivity contribution in [2.24, 2.45) is 0 Å². The molecule has 1 aromatic carbocycles. The van der Waals surface area contributed by atoms with Gasteiger partial charge in [-0.25, -0.2) is 9.59 Å². The predicted octanol–water partition coefficient (Wildman–Crippen LogP) is 2.53. The Labute approximate surface area is 143 Å². The number of carbonyl (C=O) groups is 2. The summed E-state index contributed by atoms with van der Waals surface area (Å²) in [7, 11) is 1.76.